The highest BCUT2D eigenvalue weighted by molar-refractivity contribution is 6.42. The fourth-order valence-electron chi connectivity index (χ4n) is 2.33. The number of hydrogen-bond donors (Lipinski definition) is 2. The van der Waals surface area contributed by atoms with Crippen LogP contribution in [0.25, 0.3) is 0 Å². The fourth-order valence-corrected chi connectivity index (χ4v) is 2.63. The number of benzene rings is 2. The third kappa shape index (κ3) is 6.77. The Kier molecular flexibility index (Phi) is 7.51. The smallest absolute Gasteiger partial charge is 0.407 e. The molecular weight excluding hydrogens is 387 g/mol. The first-order valence-electron chi connectivity index (χ1n) is 8.45. The average Bonchev–Trinajstić information content (AvgIpc) is 2.66. The van der Waals surface area contributed by atoms with E-state index in [1.165, 1.54) is 0 Å². The highest BCUT2D eigenvalue weighted by Gasteiger charge is 2.22. The number of alkyl carbamates (subject to hydrolysis) is 1. The lowest BCUT2D eigenvalue weighted by atomic mass is 9.84. The van der Waals surface area contributed by atoms with Crippen molar-refractivity contribution in [3.63, 3.8) is 0 Å². The first-order chi connectivity index (χ1) is 12.8. The number of rotatable bonds is 7. The fraction of sp³-hybridized carbons (Fsp3) is 0.300. The number of hydrogen-bond acceptors (Lipinski definition) is 3. The van der Waals surface area contributed by atoms with Crippen LogP contribution in [-0.2, 0) is 21.6 Å². The van der Waals surface area contributed by atoms with Gasteiger partial charge >= 0.3 is 6.09 Å². The van der Waals surface area contributed by atoms with Crippen LogP contribution >= 0.6 is 23.2 Å². The highest BCUT2D eigenvalue weighted by atomic mass is 35.5. The Morgan fingerprint density at radius 2 is 1.70 bits per heavy atom. The number of carbonyl (C=O) groups is 2. The van der Waals surface area contributed by atoms with Gasteiger partial charge in [-0.3, -0.25) is 4.79 Å². The number of carbonyl (C=O) groups excluding carboxylic acids is 2. The Hall–Kier alpha value is -2.24. The minimum atomic E-state index is -0.641. The molecule has 2 rings (SSSR count). The summed E-state index contributed by atoms with van der Waals surface area (Å²) >= 11 is 12.0. The molecule has 7 heteroatoms. The van der Waals surface area contributed by atoms with E-state index in [0.717, 1.165) is 11.1 Å². The molecule has 0 saturated heterocycles. The largest absolute Gasteiger partial charge is 0.445 e. The molecule has 0 saturated carbocycles. The molecule has 0 radical (unpaired) electrons. The van der Waals surface area contributed by atoms with Gasteiger partial charge in [-0.05, 0) is 23.3 Å². The van der Waals surface area contributed by atoms with Crippen molar-refractivity contribution in [2.45, 2.75) is 25.9 Å². The normalized spacial score (nSPS) is 11.0. The Balaban J connectivity index is 1.74. The summed E-state index contributed by atoms with van der Waals surface area (Å²) in [5.74, 6) is -0.306. The molecule has 144 valence electrons. The van der Waals surface area contributed by atoms with Crippen LogP contribution in [0.15, 0.2) is 48.5 Å². The van der Waals surface area contributed by atoms with Crippen LogP contribution in [-0.4, -0.2) is 25.1 Å². The lowest BCUT2D eigenvalue weighted by Gasteiger charge is -2.26. The van der Waals surface area contributed by atoms with Crippen molar-refractivity contribution in [2.75, 3.05) is 13.1 Å². The summed E-state index contributed by atoms with van der Waals surface area (Å²) in [4.78, 5) is 23.7. The van der Waals surface area contributed by atoms with E-state index < -0.39 is 6.09 Å². The van der Waals surface area contributed by atoms with Crippen molar-refractivity contribution in [3.8, 4) is 0 Å². The van der Waals surface area contributed by atoms with Crippen molar-refractivity contribution in [2.24, 2.45) is 0 Å². The zero-order chi connectivity index (χ0) is 19.9. The molecule has 0 aromatic heterocycles. The van der Waals surface area contributed by atoms with Gasteiger partial charge in [0.05, 0.1) is 16.6 Å². The van der Waals surface area contributed by atoms with Crippen molar-refractivity contribution < 1.29 is 14.3 Å². The molecular formula is C20H22Cl2N2O3. The molecule has 0 fully saturated rings. The molecule has 2 aromatic rings. The average molecular weight is 409 g/mol. The predicted octanol–water partition coefficient (Wildman–Crippen LogP) is 4.31. The first kappa shape index (κ1) is 21.1. The zero-order valence-corrected chi connectivity index (χ0v) is 16.7. The summed E-state index contributed by atoms with van der Waals surface area (Å²) in [6, 6.07) is 14.7. The second-order valence-corrected chi connectivity index (χ2v) is 7.52. The minimum absolute atomic E-state index is 0.151. The topological polar surface area (TPSA) is 67.4 Å². The summed E-state index contributed by atoms with van der Waals surface area (Å²) in [6.45, 7) is 4.33. The summed E-state index contributed by atoms with van der Waals surface area (Å²) in [7, 11) is 0. The quantitative estimate of drug-likeness (QED) is 0.716. The molecule has 0 aliphatic heterocycles. The summed E-state index contributed by atoms with van der Waals surface area (Å²) in [5.41, 5.74) is 1.48. The molecule has 0 bridgehead atoms. The summed E-state index contributed by atoms with van der Waals surface area (Å²) < 4.78 is 5.06. The van der Waals surface area contributed by atoms with Gasteiger partial charge < -0.3 is 15.4 Å². The van der Waals surface area contributed by atoms with E-state index in [1.54, 1.807) is 12.1 Å². The maximum Gasteiger partial charge on any atom is 0.407 e. The van der Waals surface area contributed by atoms with Crippen molar-refractivity contribution in [1.29, 1.82) is 0 Å². The van der Waals surface area contributed by atoms with Crippen LogP contribution in [0.4, 0.5) is 4.79 Å². The van der Waals surface area contributed by atoms with E-state index in [2.05, 4.69) is 10.6 Å². The van der Waals surface area contributed by atoms with Gasteiger partial charge in [0.2, 0.25) is 5.91 Å². The molecule has 0 unspecified atom stereocenters. The first-order valence-corrected chi connectivity index (χ1v) is 9.20. The van der Waals surface area contributed by atoms with Crippen LogP contribution in [0.5, 0.6) is 0 Å². The predicted molar refractivity (Wildman–Crippen MR) is 107 cm³/mol. The molecule has 0 spiro atoms. The van der Waals surface area contributed by atoms with Crippen molar-refractivity contribution in [3.05, 3.63) is 69.7 Å². The summed E-state index contributed by atoms with van der Waals surface area (Å²) in [6.07, 6.45) is -0.641. The van der Waals surface area contributed by atoms with E-state index in [-0.39, 0.29) is 24.5 Å². The Labute approximate surface area is 169 Å². The highest BCUT2D eigenvalue weighted by Crippen LogP contribution is 2.29. The maximum absolute atomic E-state index is 12.0. The van der Waals surface area contributed by atoms with E-state index in [0.29, 0.717) is 16.6 Å². The van der Waals surface area contributed by atoms with Gasteiger partial charge in [0, 0.05) is 12.0 Å². The standard InChI is InChI=1S/C20H22Cl2N2O3/c1-20(2,15-8-9-16(21)17(22)10-15)13-24-18(25)11-23-19(26)27-12-14-6-4-3-5-7-14/h3-10H,11-13H2,1-2H3,(H,23,26)(H,24,25). The molecule has 0 aliphatic carbocycles. The van der Waals surface area contributed by atoms with E-state index in [9.17, 15) is 9.59 Å². The van der Waals surface area contributed by atoms with Crippen LogP contribution < -0.4 is 10.6 Å². The summed E-state index contributed by atoms with van der Waals surface area (Å²) in [5, 5.41) is 6.19. The van der Waals surface area contributed by atoms with Gasteiger partial charge in [-0.25, -0.2) is 4.79 Å². The number of halogens is 2. The minimum Gasteiger partial charge on any atom is -0.445 e. The number of amides is 2. The Morgan fingerprint density at radius 1 is 1.00 bits per heavy atom. The molecule has 0 atom stereocenters. The molecule has 27 heavy (non-hydrogen) atoms. The van der Waals surface area contributed by atoms with Crippen LogP contribution in [0.3, 0.4) is 0 Å². The van der Waals surface area contributed by atoms with Gasteiger partial charge in [-0.1, -0.05) is 73.4 Å². The zero-order valence-electron chi connectivity index (χ0n) is 15.2. The van der Waals surface area contributed by atoms with Gasteiger partial charge in [0.1, 0.15) is 6.61 Å². The number of ether oxygens (including phenoxy) is 1. The van der Waals surface area contributed by atoms with Crippen molar-refractivity contribution >= 4 is 35.2 Å². The molecule has 2 amide bonds. The lowest BCUT2D eigenvalue weighted by molar-refractivity contribution is -0.120. The third-order valence-corrected chi connectivity index (χ3v) is 4.77. The van der Waals surface area contributed by atoms with E-state index in [4.69, 9.17) is 27.9 Å². The molecule has 0 aliphatic rings. The van der Waals surface area contributed by atoms with Gasteiger partial charge in [-0.2, -0.15) is 0 Å². The van der Waals surface area contributed by atoms with Crippen LogP contribution in [0, 0.1) is 0 Å². The SMILES string of the molecule is CC(C)(CNC(=O)CNC(=O)OCc1ccccc1)c1ccc(Cl)c(Cl)c1. The van der Waals surface area contributed by atoms with Crippen LogP contribution in [0.2, 0.25) is 10.0 Å². The second-order valence-electron chi connectivity index (χ2n) is 6.70. The van der Waals surface area contributed by atoms with Gasteiger partial charge in [0.15, 0.2) is 0 Å². The second kappa shape index (κ2) is 9.62. The molecule has 2 aromatic carbocycles. The van der Waals surface area contributed by atoms with Gasteiger partial charge in [-0.15, -0.1) is 0 Å². The third-order valence-electron chi connectivity index (χ3n) is 4.03. The maximum atomic E-state index is 12.0. The van der Waals surface area contributed by atoms with Crippen molar-refractivity contribution in [1.82, 2.24) is 10.6 Å². The lowest BCUT2D eigenvalue weighted by Crippen LogP contribution is -2.42. The van der Waals surface area contributed by atoms with Gasteiger partial charge in [0.25, 0.3) is 0 Å². The van der Waals surface area contributed by atoms with E-state index >= 15 is 0 Å². The van der Waals surface area contributed by atoms with Crippen LogP contribution in [0.1, 0.15) is 25.0 Å². The Morgan fingerprint density at radius 3 is 2.37 bits per heavy atom. The molecule has 2 N–H and O–H groups in total. The Bertz CT molecular complexity index is 795. The molecule has 0 heterocycles. The number of nitrogens with one attached hydrogen (secondary N) is 2. The monoisotopic (exact) mass is 408 g/mol. The van der Waals surface area contributed by atoms with E-state index in [1.807, 2.05) is 50.2 Å². The molecule has 5 nitrogen and oxygen atoms in total.